The van der Waals surface area contributed by atoms with Crippen LogP contribution in [0.15, 0.2) is 71.8 Å². The summed E-state index contributed by atoms with van der Waals surface area (Å²) in [7, 11) is -0.485. The lowest BCUT2D eigenvalue weighted by Gasteiger charge is -2.15. The van der Waals surface area contributed by atoms with E-state index in [1.807, 2.05) is 11.9 Å². The number of aryl methyl sites for hydroxylation is 2. The van der Waals surface area contributed by atoms with Crippen LogP contribution in [-0.4, -0.2) is 49.9 Å². The zero-order chi connectivity index (χ0) is 30.0. The molecule has 1 fully saturated rings. The summed E-state index contributed by atoms with van der Waals surface area (Å²) in [5.41, 5.74) is 4.94. The lowest BCUT2D eigenvalue weighted by Crippen LogP contribution is -2.31. The van der Waals surface area contributed by atoms with E-state index in [0.29, 0.717) is 17.7 Å². The molecule has 0 spiro atoms. The van der Waals surface area contributed by atoms with E-state index in [1.165, 1.54) is 13.2 Å². The molecule has 1 aromatic heterocycles. The average molecular weight is 588 g/mol. The number of hydrogen-bond acceptors (Lipinski definition) is 5. The number of benzene rings is 3. The number of carbonyl (C=O) groups excluding carboxylic acids is 2. The Morgan fingerprint density at radius 3 is 2.60 bits per heavy atom. The maximum absolute atomic E-state index is 12.9. The Hall–Kier alpha value is -4.11. The molecule has 1 atom stereocenters. The quantitative estimate of drug-likeness (QED) is 0.282. The Balaban J connectivity index is 1.36. The van der Waals surface area contributed by atoms with Gasteiger partial charge in [0.25, 0.3) is 15.9 Å². The largest absolute Gasteiger partial charge is 0.496 e. The van der Waals surface area contributed by atoms with E-state index >= 15 is 0 Å². The second-order valence-electron chi connectivity index (χ2n) is 11.0. The number of ether oxygens (including phenoxy) is 1. The van der Waals surface area contributed by atoms with Gasteiger partial charge in [-0.05, 0) is 78.8 Å². The van der Waals surface area contributed by atoms with E-state index in [9.17, 15) is 18.0 Å². The second-order valence-corrected chi connectivity index (χ2v) is 12.7. The number of nitrogens with one attached hydrogen (secondary N) is 1. The Morgan fingerprint density at radius 2 is 1.86 bits per heavy atom. The highest BCUT2D eigenvalue weighted by molar-refractivity contribution is 7.90. The van der Waals surface area contributed by atoms with Gasteiger partial charge in [-0.1, -0.05) is 37.3 Å². The summed E-state index contributed by atoms with van der Waals surface area (Å²) in [6.07, 6.45) is 5.23. The lowest BCUT2D eigenvalue weighted by molar-refractivity contribution is -0.130. The Bertz CT molecular complexity index is 1760. The van der Waals surface area contributed by atoms with Crippen molar-refractivity contribution in [2.75, 3.05) is 20.2 Å². The molecule has 8 nitrogen and oxygen atoms in total. The molecule has 0 bridgehead atoms. The number of aromatic nitrogens is 1. The van der Waals surface area contributed by atoms with Crippen molar-refractivity contribution in [3.05, 3.63) is 94.7 Å². The van der Waals surface area contributed by atoms with Crippen LogP contribution < -0.4 is 9.46 Å². The van der Waals surface area contributed by atoms with Gasteiger partial charge < -0.3 is 14.2 Å². The molecule has 220 valence electrons. The van der Waals surface area contributed by atoms with Gasteiger partial charge in [-0.2, -0.15) is 0 Å². The molecule has 0 radical (unpaired) electrons. The highest BCUT2D eigenvalue weighted by atomic mass is 32.2. The summed E-state index contributed by atoms with van der Waals surface area (Å²) in [6, 6.07) is 17.9. The molecular weight excluding hydrogens is 550 g/mol. The molecule has 0 aliphatic carbocycles. The minimum atomic E-state index is -4.03. The number of carbonyl (C=O) groups is 2. The van der Waals surface area contributed by atoms with Crippen molar-refractivity contribution in [2.24, 2.45) is 13.0 Å². The summed E-state index contributed by atoms with van der Waals surface area (Å²) >= 11 is 0. The molecule has 1 N–H and O–H groups in total. The number of nitrogens with zero attached hydrogens (tertiary/aromatic N) is 2. The molecule has 1 aliphatic heterocycles. The molecule has 5 rings (SSSR count). The minimum absolute atomic E-state index is 0.0227. The van der Waals surface area contributed by atoms with E-state index in [-0.39, 0.29) is 22.3 Å². The zero-order valence-corrected chi connectivity index (χ0v) is 25.3. The van der Waals surface area contributed by atoms with Crippen LogP contribution in [0, 0.1) is 12.8 Å². The summed E-state index contributed by atoms with van der Waals surface area (Å²) in [4.78, 5) is 27.8. The van der Waals surface area contributed by atoms with Gasteiger partial charge in [0, 0.05) is 55.1 Å². The van der Waals surface area contributed by atoms with Crippen molar-refractivity contribution >= 4 is 32.7 Å². The fraction of sp³-hybridized carbons (Fsp3) is 0.333. The van der Waals surface area contributed by atoms with E-state index in [4.69, 9.17) is 4.74 Å². The number of likely N-dealkylation sites (tertiary alicyclic amines) is 1. The van der Waals surface area contributed by atoms with Crippen molar-refractivity contribution in [3.8, 4) is 5.75 Å². The van der Waals surface area contributed by atoms with Crippen LogP contribution in [-0.2, 0) is 34.7 Å². The van der Waals surface area contributed by atoms with Gasteiger partial charge in [-0.3, -0.25) is 9.59 Å². The van der Waals surface area contributed by atoms with E-state index in [2.05, 4.69) is 40.6 Å². The Kier molecular flexibility index (Phi) is 8.41. The SMILES string of the molecule is CCCN1CCC(Cc2ccc3c(c2)c(Cc2ccc(C(=O)NS(=O)(=O)c4ccccc4C)cc2OC)cn3C)C1=O. The highest BCUT2D eigenvalue weighted by Crippen LogP contribution is 2.30. The molecule has 2 amide bonds. The third-order valence-electron chi connectivity index (χ3n) is 8.06. The summed E-state index contributed by atoms with van der Waals surface area (Å²) in [5.74, 6) is 0.0499. The molecule has 3 aromatic carbocycles. The van der Waals surface area contributed by atoms with E-state index in [1.54, 1.807) is 43.3 Å². The van der Waals surface area contributed by atoms with Crippen LogP contribution in [0.3, 0.4) is 0 Å². The summed E-state index contributed by atoms with van der Waals surface area (Å²) in [6.45, 7) is 5.44. The lowest BCUT2D eigenvalue weighted by atomic mass is 9.95. The fourth-order valence-corrected chi connectivity index (χ4v) is 7.11. The number of rotatable bonds is 10. The van der Waals surface area contributed by atoms with Gasteiger partial charge >= 0.3 is 0 Å². The maximum Gasteiger partial charge on any atom is 0.265 e. The normalized spacial score (nSPS) is 15.4. The van der Waals surface area contributed by atoms with Gasteiger partial charge in [0.05, 0.1) is 12.0 Å². The first kappa shape index (κ1) is 29.4. The van der Waals surface area contributed by atoms with Crippen LogP contribution in [0.5, 0.6) is 5.75 Å². The van der Waals surface area contributed by atoms with Gasteiger partial charge in [0.2, 0.25) is 5.91 Å². The van der Waals surface area contributed by atoms with E-state index in [0.717, 1.165) is 59.9 Å². The third kappa shape index (κ3) is 5.92. The molecule has 9 heteroatoms. The first-order valence-corrected chi connectivity index (χ1v) is 15.7. The van der Waals surface area contributed by atoms with Crippen LogP contribution in [0.25, 0.3) is 10.9 Å². The summed E-state index contributed by atoms with van der Waals surface area (Å²) < 4.78 is 35.6. The Labute approximate surface area is 247 Å². The second kappa shape index (κ2) is 12.0. The highest BCUT2D eigenvalue weighted by Gasteiger charge is 2.31. The molecule has 1 aliphatic rings. The molecule has 4 aromatic rings. The molecule has 2 heterocycles. The number of methoxy groups -OCH3 is 1. The van der Waals surface area contributed by atoms with Crippen LogP contribution in [0.1, 0.15) is 52.4 Å². The molecule has 42 heavy (non-hydrogen) atoms. The average Bonchev–Trinajstić information content (AvgIpc) is 3.46. The molecular formula is C33H37N3O5S. The van der Waals surface area contributed by atoms with Crippen molar-refractivity contribution in [1.29, 1.82) is 0 Å². The number of hydrogen-bond donors (Lipinski definition) is 1. The van der Waals surface area contributed by atoms with Crippen molar-refractivity contribution < 1.29 is 22.7 Å². The fourth-order valence-electron chi connectivity index (χ4n) is 5.89. The maximum atomic E-state index is 12.9. The van der Waals surface area contributed by atoms with Gasteiger partial charge in [0.15, 0.2) is 0 Å². The van der Waals surface area contributed by atoms with Crippen molar-refractivity contribution in [2.45, 2.75) is 44.4 Å². The van der Waals surface area contributed by atoms with Crippen molar-refractivity contribution in [3.63, 3.8) is 0 Å². The number of fused-ring (bicyclic) bond motifs is 1. The van der Waals surface area contributed by atoms with Crippen LogP contribution in [0.4, 0.5) is 0 Å². The Morgan fingerprint density at radius 1 is 1.07 bits per heavy atom. The number of amides is 2. The van der Waals surface area contributed by atoms with Gasteiger partial charge in [0.1, 0.15) is 5.75 Å². The predicted octanol–water partition coefficient (Wildman–Crippen LogP) is 5.01. The van der Waals surface area contributed by atoms with Crippen molar-refractivity contribution in [1.82, 2.24) is 14.2 Å². The number of sulfonamides is 1. The first-order valence-electron chi connectivity index (χ1n) is 14.3. The molecule has 1 saturated heterocycles. The topological polar surface area (TPSA) is 97.7 Å². The summed E-state index contributed by atoms with van der Waals surface area (Å²) in [5, 5.41) is 1.11. The predicted molar refractivity (Wildman–Crippen MR) is 163 cm³/mol. The first-order chi connectivity index (χ1) is 20.1. The third-order valence-corrected chi connectivity index (χ3v) is 9.55. The smallest absolute Gasteiger partial charge is 0.265 e. The van der Waals surface area contributed by atoms with Crippen LogP contribution >= 0.6 is 0 Å². The van der Waals surface area contributed by atoms with E-state index < -0.39 is 15.9 Å². The van der Waals surface area contributed by atoms with Crippen LogP contribution in [0.2, 0.25) is 0 Å². The zero-order valence-electron chi connectivity index (χ0n) is 24.5. The molecule has 1 unspecified atom stereocenters. The van der Waals surface area contributed by atoms with Gasteiger partial charge in [-0.25, -0.2) is 13.1 Å². The standard InChI is InChI=1S/C33H37N3O5S/c1-5-15-36-16-14-26(33(36)38)17-23-10-13-29-28(18-23)27(21-35(29)3)19-24-11-12-25(20-30(24)41-4)32(37)34-42(39,40)31-9-7-6-8-22(31)2/h6-13,18,20-21,26H,5,14-17,19H2,1-4H3,(H,34,37). The van der Waals surface area contributed by atoms with Gasteiger partial charge in [-0.15, -0.1) is 0 Å². The monoisotopic (exact) mass is 587 g/mol. The molecule has 0 saturated carbocycles. The minimum Gasteiger partial charge on any atom is -0.496 e.